The molecule has 1 aromatic heterocycles. The maximum absolute atomic E-state index is 5.95. The number of aromatic nitrogens is 1. The molecule has 2 nitrogen and oxygen atoms in total. The molecule has 2 aromatic carbocycles. The molecule has 25 heavy (non-hydrogen) atoms. The second-order valence-corrected chi connectivity index (χ2v) is 7.04. The molecule has 0 unspecified atom stereocenters. The summed E-state index contributed by atoms with van der Waals surface area (Å²) in [4.78, 5) is 4.67. The molecule has 2 heteroatoms. The predicted octanol–water partition coefficient (Wildman–Crippen LogP) is 6.25. The summed E-state index contributed by atoms with van der Waals surface area (Å²) in [6.07, 6.45) is 8.21. The highest BCUT2D eigenvalue weighted by atomic mass is 16.5. The molecule has 0 N–H and O–H groups in total. The first-order valence-corrected chi connectivity index (χ1v) is 9.46. The SMILES string of the molecule is c1ccc2nc(COc3ccc(C4CCCCCC4)cc3)ccc2c1. The number of hydrogen-bond donors (Lipinski definition) is 0. The van der Waals surface area contributed by atoms with Crippen LogP contribution in [-0.2, 0) is 6.61 Å². The zero-order chi connectivity index (χ0) is 16.9. The number of ether oxygens (including phenoxy) is 1. The fourth-order valence-electron chi connectivity index (χ4n) is 3.79. The standard InChI is InChI=1S/C23H25NO/c1-2-4-8-18(7-3-1)19-12-15-22(16-13-19)25-17-21-14-11-20-9-5-6-10-23(20)24-21/h5-6,9-16,18H,1-4,7-8,17H2. The van der Waals surface area contributed by atoms with E-state index >= 15 is 0 Å². The van der Waals surface area contributed by atoms with Crippen molar-refractivity contribution in [2.24, 2.45) is 0 Å². The summed E-state index contributed by atoms with van der Waals surface area (Å²) < 4.78 is 5.95. The van der Waals surface area contributed by atoms with Crippen molar-refractivity contribution >= 4 is 10.9 Å². The minimum Gasteiger partial charge on any atom is -0.487 e. The van der Waals surface area contributed by atoms with Gasteiger partial charge in [0.15, 0.2) is 0 Å². The first kappa shape index (κ1) is 16.1. The lowest BCUT2D eigenvalue weighted by Crippen LogP contribution is -2.00. The van der Waals surface area contributed by atoms with Crippen molar-refractivity contribution in [1.29, 1.82) is 0 Å². The lowest BCUT2D eigenvalue weighted by Gasteiger charge is -2.15. The van der Waals surface area contributed by atoms with Crippen LogP contribution < -0.4 is 4.74 Å². The van der Waals surface area contributed by atoms with Crippen molar-refractivity contribution in [2.45, 2.75) is 51.0 Å². The summed E-state index contributed by atoms with van der Waals surface area (Å²) in [6, 6.07) is 21.1. The van der Waals surface area contributed by atoms with E-state index in [-0.39, 0.29) is 0 Å². The van der Waals surface area contributed by atoms with Crippen LogP contribution in [0.1, 0.15) is 55.7 Å². The number of rotatable bonds is 4. The second-order valence-electron chi connectivity index (χ2n) is 7.04. The Balaban J connectivity index is 1.40. The third-order valence-corrected chi connectivity index (χ3v) is 5.25. The molecule has 1 heterocycles. The van der Waals surface area contributed by atoms with Crippen molar-refractivity contribution in [3.8, 4) is 5.75 Å². The fourth-order valence-corrected chi connectivity index (χ4v) is 3.79. The first-order valence-electron chi connectivity index (χ1n) is 9.46. The number of hydrogen-bond acceptors (Lipinski definition) is 2. The van der Waals surface area contributed by atoms with Crippen LogP contribution in [0, 0.1) is 0 Å². The van der Waals surface area contributed by atoms with E-state index in [1.54, 1.807) is 0 Å². The Morgan fingerprint density at radius 1 is 0.800 bits per heavy atom. The monoisotopic (exact) mass is 331 g/mol. The van der Waals surface area contributed by atoms with Crippen molar-refractivity contribution in [2.75, 3.05) is 0 Å². The van der Waals surface area contributed by atoms with Crippen LogP contribution in [-0.4, -0.2) is 4.98 Å². The van der Waals surface area contributed by atoms with E-state index < -0.39 is 0 Å². The minimum atomic E-state index is 0.508. The molecule has 1 fully saturated rings. The van der Waals surface area contributed by atoms with Gasteiger partial charge in [0.2, 0.25) is 0 Å². The Morgan fingerprint density at radius 3 is 2.36 bits per heavy atom. The largest absolute Gasteiger partial charge is 0.487 e. The maximum atomic E-state index is 5.95. The Labute approximate surface area is 149 Å². The van der Waals surface area contributed by atoms with Crippen LogP contribution in [0.5, 0.6) is 5.75 Å². The minimum absolute atomic E-state index is 0.508. The molecule has 3 aromatic rings. The zero-order valence-corrected chi connectivity index (χ0v) is 14.7. The Bertz CT molecular complexity index is 817. The zero-order valence-electron chi connectivity index (χ0n) is 14.7. The highest BCUT2D eigenvalue weighted by Crippen LogP contribution is 2.32. The highest BCUT2D eigenvalue weighted by molar-refractivity contribution is 5.78. The van der Waals surface area contributed by atoms with Gasteiger partial charge in [-0.2, -0.15) is 0 Å². The lowest BCUT2D eigenvalue weighted by molar-refractivity contribution is 0.301. The van der Waals surface area contributed by atoms with Crippen LogP contribution in [0.15, 0.2) is 60.7 Å². The van der Waals surface area contributed by atoms with Gasteiger partial charge in [0, 0.05) is 5.39 Å². The van der Waals surface area contributed by atoms with Gasteiger partial charge >= 0.3 is 0 Å². The summed E-state index contributed by atoms with van der Waals surface area (Å²) in [5.74, 6) is 1.66. The van der Waals surface area contributed by atoms with Crippen molar-refractivity contribution in [3.63, 3.8) is 0 Å². The number of benzene rings is 2. The average Bonchev–Trinajstić information content (AvgIpc) is 2.96. The normalized spacial score (nSPS) is 15.8. The third-order valence-electron chi connectivity index (χ3n) is 5.25. The van der Waals surface area contributed by atoms with Crippen LogP contribution in [0.25, 0.3) is 10.9 Å². The smallest absolute Gasteiger partial charge is 0.130 e. The summed E-state index contributed by atoms with van der Waals surface area (Å²) in [6.45, 7) is 0.508. The molecule has 0 radical (unpaired) electrons. The van der Waals surface area contributed by atoms with Gasteiger partial charge in [-0.3, -0.25) is 0 Å². The van der Waals surface area contributed by atoms with Gasteiger partial charge in [-0.15, -0.1) is 0 Å². The molecule has 0 bridgehead atoms. The fraction of sp³-hybridized carbons (Fsp3) is 0.348. The van der Waals surface area contributed by atoms with Gasteiger partial charge in [-0.25, -0.2) is 4.98 Å². The lowest BCUT2D eigenvalue weighted by atomic mass is 9.92. The summed E-state index contributed by atoms with van der Waals surface area (Å²) in [7, 11) is 0. The molecule has 1 aliphatic carbocycles. The van der Waals surface area contributed by atoms with E-state index in [2.05, 4.69) is 41.4 Å². The summed E-state index contributed by atoms with van der Waals surface area (Å²) >= 11 is 0. The highest BCUT2D eigenvalue weighted by Gasteiger charge is 2.14. The van der Waals surface area contributed by atoms with Crippen LogP contribution in [0.4, 0.5) is 0 Å². The first-order chi connectivity index (χ1) is 12.4. The third kappa shape index (κ3) is 4.01. The van der Waals surface area contributed by atoms with Crippen LogP contribution >= 0.6 is 0 Å². The molecule has 128 valence electrons. The molecule has 4 rings (SSSR count). The van der Waals surface area contributed by atoms with Gasteiger partial charge in [0.05, 0.1) is 11.2 Å². The van der Waals surface area contributed by atoms with Crippen LogP contribution in [0.3, 0.4) is 0 Å². The number of nitrogens with zero attached hydrogens (tertiary/aromatic N) is 1. The molecule has 0 amide bonds. The van der Waals surface area contributed by atoms with E-state index in [0.29, 0.717) is 6.61 Å². The van der Waals surface area contributed by atoms with Crippen molar-refractivity contribution in [1.82, 2.24) is 4.98 Å². The molecule has 0 saturated heterocycles. The van der Waals surface area contributed by atoms with Crippen LogP contribution in [0.2, 0.25) is 0 Å². The predicted molar refractivity (Wildman–Crippen MR) is 103 cm³/mol. The molecule has 0 atom stereocenters. The van der Waals surface area contributed by atoms with E-state index in [4.69, 9.17) is 4.74 Å². The van der Waals surface area contributed by atoms with Gasteiger partial charge in [0.1, 0.15) is 12.4 Å². The Kier molecular flexibility index (Phi) is 4.96. The average molecular weight is 331 g/mol. The topological polar surface area (TPSA) is 22.1 Å². The second kappa shape index (κ2) is 7.69. The van der Waals surface area contributed by atoms with Gasteiger partial charge in [0.25, 0.3) is 0 Å². The Hall–Kier alpha value is -2.35. The molecule has 1 saturated carbocycles. The summed E-state index contributed by atoms with van der Waals surface area (Å²) in [5.41, 5.74) is 3.46. The number of para-hydroxylation sites is 1. The summed E-state index contributed by atoms with van der Waals surface area (Å²) in [5, 5.41) is 1.17. The molecule has 0 spiro atoms. The van der Waals surface area contributed by atoms with Gasteiger partial charge < -0.3 is 4.74 Å². The quantitative estimate of drug-likeness (QED) is 0.527. The number of fused-ring (bicyclic) bond motifs is 1. The van der Waals surface area contributed by atoms with Gasteiger partial charge in [-0.1, -0.05) is 62.1 Å². The molecule has 1 aliphatic rings. The van der Waals surface area contributed by atoms with E-state index in [0.717, 1.165) is 22.9 Å². The molecular weight excluding hydrogens is 306 g/mol. The van der Waals surface area contributed by atoms with E-state index in [9.17, 15) is 0 Å². The van der Waals surface area contributed by atoms with E-state index in [1.807, 2.05) is 24.3 Å². The van der Waals surface area contributed by atoms with Crippen molar-refractivity contribution < 1.29 is 4.74 Å². The van der Waals surface area contributed by atoms with Crippen molar-refractivity contribution in [3.05, 3.63) is 71.9 Å². The Morgan fingerprint density at radius 2 is 1.56 bits per heavy atom. The molecule has 0 aliphatic heterocycles. The number of pyridine rings is 1. The van der Waals surface area contributed by atoms with Gasteiger partial charge in [-0.05, 0) is 48.6 Å². The molecular formula is C23H25NO. The van der Waals surface area contributed by atoms with E-state index in [1.165, 1.54) is 49.5 Å². The maximum Gasteiger partial charge on any atom is 0.130 e.